The predicted octanol–water partition coefficient (Wildman–Crippen LogP) is 5.92. The minimum Gasteiger partial charge on any atom is -0.428 e. The zero-order valence-corrected chi connectivity index (χ0v) is 23.6. The normalized spacial score (nSPS) is 13.0. The van der Waals surface area contributed by atoms with Crippen LogP contribution in [0.3, 0.4) is 0 Å². The van der Waals surface area contributed by atoms with Crippen molar-refractivity contribution in [3.63, 3.8) is 0 Å². The molecule has 234 valence electrons. The van der Waals surface area contributed by atoms with Gasteiger partial charge >= 0.3 is 18.6 Å². The molecular weight excluding hydrogens is 590 g/mol. The number of carbonyl (C=O) groups excluding carboxylic acids is 1. The van der Waals surface area contributed by atoms with Crippen LogP contribution in [0.1, 0.15) is 41.8 Å². The maximum atomic E-state index is 14.9. The smallest absolute Gasteiger partial charge is 0.428 e. The lowest BCUT2D eigenvalue weighted by atomic mass is 9.77. The first kappa shape index (κ1) is 32.3. The third-order valence-corrected chi connectivity index (χ3v) is 6.76. The fraction of sp³-hybridized carbons (Fsp3) is 0.333. The molecule has 8 nitrogen and oxygen atoms in total. The monoisotopic (exact) mass is 620 g/mol. The Kier molecular flexibility index (Phi) is 10.4. The molecule has 2 amide bonds. The van der Waals surface area contributed by atoms with Gasteiger partial charge in [-0.25, -0.2) is 13.6 Å². The Hall–Kier alpha value is -4.62. The summed E-state index contributed by atoms with van der Waals surface area (Å²) in [5, 5.41) is 17.4. The van der Waals surface area contributed by atoms with Crippen LogP contribution < -0.4 is 15.4 Å². The maximum absolute atomic E-state index is 14.9. The molecule has 1 heterocycles. The SMILES string of the molecule is Cn1nnc(CCCCCNC(=O)N[C@](Cc2ccccc2)(c2ccc(F)cc2)c2cc(F)cc(OC(F)(F)C(F)F)c2)n1. The van der Waals surface area contributed by atoms with E-state index in [1.165, 1.54) is 16.9 Å². The quantitative estimate of drug-likeness (QED) is 0.135. The van der Waals surface area contributed by atoms with Gasteiger partial charge < -0.3 is 15.4 Å². The van der Waals surface area contributed by atoms with Gasteiger partial charge in [0.25, 0.3) is 0 Å². The standard InChI is InChI=1S/C30H30F6N6O2/c1-42-40-26(39-41-42)10-6-3-7-15-37-28(43)38-29(19-20-8-4-2-5-9-20,21-11-13-23(31)14-12-21)22-16-24(32)18-25(17-22)44-30(35,36)27(33)34/h2,4-5,8-9,11-14,16-18,27H,3,6-7,10,15,19H2,1H3,(H2,37,38,43)/t29-/m1/s1. The van der Waals surface area contributed by atoms with Crippen LogP contribution in [0.15, 0.2) is 72.8 Å². The zero-order valence-electron chi connectivity index (χ0n) is 23.6. The topological polar surface area (TPSA) is 94.0 Å². The number of nitrogens with one attached hydrogen (secondary N) is 2. The van der Waals surface area contributed by atoms with Crippen LogP contribution in [-0.4, -0.2) is 45.3 Å². The maximum Gasteiger partial charge on any atom is 0.461 e. The minimum absolute atomic E-state index is 0.0495. The van der Waals surface area contributed by atoms with Crippen LogP contribution in [0, 0.1) is 11.6 Å². The van der Waals surface area contributed by atoms with E-state index in [1.54, 1.807) is 37.4 Å². The molecule has 0 spiro atoms. The molecule has 0 saturated heterocycles. The van der Waals surface area contributed by atoms with Gasteiger partial charge in [0.15, 0.2) is 5.82 Å². The van der Waals surface area contributed by atoms with Gasteiger partial charge in [0, 0.05) is 25.5 Å². The molecule has 1 aromatic heterocycles. The van der Waals surface area contributed by atoms with Crippen molar-refractivity contribution in [3.05, 3.63) is 107 Å². The summed E-state index contributed by atoms with van der Waals surface area (Å²) in [6.45, 7) is 0.253. The Morgan fingerprint density at radius 1 is 0.932 bits per heavy atom. The Labute approximate surface area is 249 Å². The Morgan fingerprint density at radius 2 is 1.66 bits per heavy atom. The average Bonchev–Trinajstić information content (AvgIpc) is 3.39. The van der Waals surface area contributed by atoms with E-state index >= 15 is 0 Å². The van der Waals surface area contributed by atoms with Gasteiger partial charge in [-0.1, -0.05) is 48.9 Å². The molecule has 4 aromatic rings. The fourth-order valence-electron chi connectivity index (χ4n) is 4.71. The van der Waals surface area contributed by atoms with Crippen LogP contribution in [0.4, 0.5) is 31.1 Å². The number of rotatable bonds is 14. The molecule has 0 aliphatic heterocycles. The third kappa shape index (κ3) is 8.48. The summed E-state index contributed by atoms with van der Waals surface area (Å²) in [5.41, 5.74) is -0.873. The van der Waals surface area contributed by atoms with Gasteiger partial charge in [0.2, 0.25) is 0 Å². The highest BCUT2D eigenvalue weighted by Crippen LogP contribution is 2.37. The number of benzene rings is 3. The first-order valence-electron chi connectivity index (χ1n) is 13.7. The largest absolute Gasteiger partial charge is 0.461 e. The molecule has 1 atom stereocenters. The van der Waals surface area contributed by atoms with Gasteiger partial charge in [-0.15, -0.1) is 10.2 Å². The molecule has 0 saturated carbocycles. The molecular formula is C30H30F6N6O2. The van der Waals surface area contributed by atoms with Crippen LogP contribution in [0.2, 0.25) is 0 Å². The highest BCUT2D eigenvalue weighted by atomic mass is 19.3. The first-order chi connectivity index (χ1) is 21.0. The van der Waals surface area contributed by atoms with E-state index in [2.05, 4.69) is 30.8 Å². The van der Waals surface area contributed by atoms with E-state index in [4.69, 9.17) is 0 Å². The number of hydrogen-bond acceptors (Lipinski definition) is 5. The van der Waals surface area contributed by atoms with Gasteiger partial charge in [0.1, 0.15) is 17.4 Å². The lowest BCUT2D eigenvalue weighted by molar-refractivity contribution is -0.253. The summed E-state index contributed by atoms with van der Waals surface area (Å²) >= 11 is 0. The van der Waals surface area contributed by atoms with Crippen molar-refractivity contribution in [2.75, 3.05) is 6.54 Å². The lowest BCUT2D eigenvalue weighted by Gasteiger charge is -2.37. The third-order valence-electron chi connectivity index (χ3n) is 6.76. The highest BCUT2D eigenvalue weighted by Gasteiger charge is 2.45. The number of nitrogens with zero attached hydrogens (tertiary/aromatic N) is 4. The van der Waals surface area contributed by atoms with Crippen LogP contribution >= 0.6 is 0 Å². The number of hydrogen-bond donors (Lipinski definition) is 2. The van der Waals surface area contributed by atoms with Gasteiger partial charge in [0.05, 0.1) is 12.6 Å². The van der Waals surface area contributed by atoms with Crippen LogP contribution in [0.5, 0.6) is 5.75 Å². The van der Waals surface area contributed by atoms with Crippen molar-refractivity contribution in [1.29, 1.82) is 0 Å². The summed E-state index contributed by atoms with van der Waals surface area (Å²) < 4.78 is 86.5. The second-order valence-electron chi connectivity index (χ2n) is 10.1. The van der Waals surface area contributed by atoms with E-state index in [0.717, 1.165) is 37.1 Å². The number of urea groups is 1. The molecule has 14 heteroatoms. The molecule has 4 rings (SSSR count). The number of amides is 2. The highest BCUT2D eigenvalue weighted by molar-refractivity contribution is 5.76. The summed E-state index contributed by atoms with van der Waals surface area (Å²) in [6, 6.07) is 15.4. The Balaban J connectivity index is 1.63. The van der Waals surface area contributed by atoms with Crippen molar-refractivity contribution >= 4 is 6.03 Å². The number of aryl methyl sites for hydroxylation is 2. The van der Waals surface area contributed by atoms with Gasteiger partial charge in [-0.2, -0.15) is 22.4 Å². The van der Waals surface area contributed by atoms with E-state index in [9.17, 15) is 31.1 Å². The average molecular weight is 621 g/mol. The molecule has 0 fully saturated rings. The number of ether oxygens (including phenoxy) is 1. The number of halogens is 6. The number of aromatic nitrogens is 4. The van der Waals surface area contributed by atoms with Gasteiger partial charge in [-0.3, -0.25) is 0 Å². The summed E-state index contributed by atoms with van der Waals surface area (Å²) in [7, 11) is 1.67. The van der Waals surface area contributed by atoms with Crippen molar-refractivity contribution in [2.45, 2.75) is 50.2 Å². The number of unbranched alkanes of at least 4 members (excludes halogenated alkanes) is 2. The fourth-order valence-corrected chi connectivity index (χ4v) is 4.71. The van der Waals surface area contributed by atoms with Crippen molar-refractivity contribution in [2.24, 2.45) is 7.05 Å². The van der Waals surface area contributed by atoms with Gasteiger partial charge in [-0.05, 0) is 59.0 Å². The van der Waals surface area contributed by atoms with E-state index in [0.29, 0.717) is 30.3 Å². The molecule has 0 unspecified atom stereocenters. The van der Waals surface area contributed by atoms with Crippen molar-refractivity contribution in [3.8, 4) is 5.75 Å². The zero-order chi connectivity index (χ0) is 31.7. The first-order valence-corrected chi connectivity index (χ1v) is 13.7. The molecule has 3 aromatic carbocycles. The molecule has 44 heavy (non-hydrogen) atoms. The second kappa shape index (κ2) is 14.2. The molecule has 0 radical (unpaired) electrons. The van der Waals surface area contributed by atoms with E-state index in [1.807, 2.05) is 0 Å². The van der Waals surface area contributed by atoms with E-state index < -0.39 is 41.5 Å². The summed E-state index contributed by atoms with van der Waals surface area (Å²) in [4.78, 5) is 14.7. The van der Waals surface area contributed by atoms with Crippen molar-refractivity contribution < 1.29 is 35.9 Å². The molecule has 2 N–H and O–H groups in total. The predicted molar refractivity (Wildman–Crippen MR) is 148 cm³/mol. The molecule has 0 aliphatic carbocycles. The van der Waals surface area contributed by atoms with Crippen molar-refractivity contribution in [1.82, 2.24) is 30.8 Å². The molecule has 0 bridgehead atoms. The molecule has 0 aliphatic rings. The van der Waals surface area contributed by atoms with Crippen LogP contribution in [0.25, 0.3) is 0 Å². The lowest BCUT2D eigenvalue weighted by Crippen LogP contribution is -2.52. The van der Waals surface area contributed by atoms with Crippen LogP contribution in [-0.2, 0) is 25.4 Å². The Morgan fingerprint density at radius 3 is 2.32 bits per heavy atom. The summed E-state index contributed by atoms with van der Waals surface area (Å²) in [5.74, 6) is -1.96. The minimum atomic E-state index is -4.91. The number of tetrazole rings is 1. The second-order valence-corrected chi connectivity index (χ2v) is 10.1. The summed E-state index contributed by atoms with van der Waals surface area (Å²) in [6.07, 6.45) is -6.45. The van der Waals surface area contributed by atoms with E-state index in [-0.39, 0.29) is 24.1 Å². The number of carbonyl (C=O) groups is 1. The Bertz CT molecular complexity index is 1520. The number of alkyl halides is 4.